The monoisotopic (exact) mass is 259 g/mol. The van der Waals surface area contributed by atoms with Gasteiger partial charge >= 0.3 is 0 Å². The number of nitrogens with one attached hydrogen (secondary N) is 1. The van der Waals surface area contributed by atoms with Gasteiger partial charge in [0, 0.05) is 6.04 Å². The maximum atomic E-state index is 12.9. The molecule has 0 saturated heterocycles. The minimum absolute atomic E-state index is 0. The van der Waals surface area contributed by atoms with Crippen LogP contribution in [0.3, 0.4) is 0 Å². The lowest BCUT2D eigenvalue weighted by Crippen LogP contribution is -2.32. The minimum atomic E-state index is -1.36. The molecular weight excluding hydrogens is 241 g/mol. The zero-order chi connectivity index (χ0) is 11.8. The SMILES string of the molecule is C[C@@H]1NCCc2c1cccc2[C@](C)(O)CF.Cl. The highest BCUT2D eigenvalue weighted by molar-refractivity contribution is 5.85. The molecule has 0 bridgehead atoms. The van der Waals surface area contributed by atoms with Crippen molar-refractivity contribution >= 4 is 12.4 Å². The highest BCUT2D eigenvalue weighted by Crippen LogP contribution is 2.32. The Bertz CT molecular complexity index is 395. The van der Waals surface area contributed by atoms with Crippen LogP contribution in [0.25, 0.3) is 0 Å². The molecule has 0 spiro atoms. The first kappa shape index (κ1) is 14.4. The van der Waals surface area contributed by atoms with Gasteiger partial charge in [0.15, 0.2) is 0 Å². The molecule has 0 unspecified atom stereocenters. The summed E-state index contributed by atoms with van der Waals surface area (Å²) in [6, 6.07) is 6.04. The van der Waals surface area contributed by atoms with Crippen LogP contribution in [0, 0.1) is 0 Å². The number of alkyl halides is 1. The highest BCUT2D eigenvalue weighted by Gasteiger charge is 2.29. The van der Waals surface area contributed by atoms with Crippen LogP contribution < -0.4 is 5.32 Å². The first-order valence-electron chi connectivity index (χ1n) is 5.70. The number of hydrogen-bond donors (Lipinski definition) is 2. The van der Waals surface area contributed by atoms with Gasteiger partial charge in [-0.25, -0.2) is 4.39 Å². The number of benzene rings is 1. The van der Waals surface area contributed by atoms with E-state index in [1.807, 2.05) is 18.2 Å². The van der Waals surface area contributed by atoms with Gasteiger partial charge in [0.25, 0.3) is 0 Å². The molecule has 0 radical (unpaired) electrons. The Balaban J connectivity index is 0.00000144. The number of hydrogen-bond acceptors (Lipinski definition) is 2. The van der Waals surface area contributed by atoms with Gasteiger partial charge in [-0.05, 0) is 43.5 Å². The third kappa shape index (κ3) is 2.62. The molecule has 2 N–H and O–H groups in total. The van der Waals surface area contributed by atoms with Gasteiger partial charge in [0.05, 0.1) is 0 Å². The molecule has 0 aromatic heterocycles. The van der Waals surface area contributed by atoms with Crippen LogP contribution >= 0.6 is 12.4 Å². The lowest BCUT2D eigenvalue weighted by Gasteiger charge is -2.30. The predicted octanol–water partition coefficient (Wildman–Crippen LogP) is 2.49. The normalized spacial score (nSPS) is 22.2. The third-order valence-electron chi connectivity index (χ3n) is 3.34. The van der Waals surface area contributed by atoms with E-state index in [1.54, 1.807) is 0 Å². The molecule has 2 nitrogen and oxygen atoms in total. The second-order valence-corrected chi connectivity index (χ2v) is 4.71. The summed E-state index contributed by atoms with van der Waals surface area (Å²) in [6.45, 7) is 3.76. The van der Waals surface area contributed by atoms with Gasteiger partial charge in [-0.3, -0.25) is 0 Å². The van der Waals surface area contributed by atoms with Gasteiger partial charge < -0.3 is 10.4 Å². The van der Waals surface area contributed by atoms with Crippen LogP contribution in [0.1, 0.15) is 36.6 Å². The smallest absolute Gasteiger partial charge is 0.122 e. The standard InChI is InChI=1S/C13H18FNO.ClH/c1-9-10-4-3-5-12(13(2,16)8-14)11(10)6-7-15-9;/h3-5,9,15-16H,6-8H2,1-2H3;1H/t9-,13+;/m0./s1. The molecule has 1 aliphatic heterocycles. The zero-order valence-electron chi connectivity index (χ0n) is 10.2. The van der Waals surface area contributed by atoms with E-state index in [2.05, 4.69) is 12.2 Å². The Hall–Kier alpha value is -0.640. The van der Waals surface area contributed by atoms with Crippen LogP contribution in [0.4, 0.5) is 4.39 Å². The van der Waals surface area contributed by atoms with Crippen molar-refractivity contribution in [2.75, 3.05) is 13.2 Å². The number of fused-ring (bicyclic) bond motifs is 1. The Morgan fingerprint density at radius 3 is 2.88 bits per heavy atom. The average Bonchev–Trinajstić information content (AvgIpc) is 2.29. The molecule has 2 rings (SSSR count). The molecule has 96 valence electrons. The molecule has 2 atom stereocenters. The first-order chi connectivity index (χ1) is 7.56. The molecular formula is C13H19ClFNO. The van der Waals surface area contributed by atoms with Crippen molar-refractivity contribution in [2.45, 2.75) is 31.9 Å². The Kier molecular flexibility index (Phi) is 4.53. The van der Waals surface area contributed by atoms with Crippen LogP contribution in [0.5, 0.6) is 0 Å². The molecule has 1 aromatic carbocycles. The summed E-state index contributed by atoms with van der Waals surface area (Å²) in [6.07, 6.45) is 0.853. The molecule has 1 aliphatic rings. The van der Waals surface area contributed by atoms with E-state index < -0.39 is 12.3 Å². The minimum Gasteiger partial charge on any atom is -0.383 e. The van der Waals surface area contributed by atoms with Gasteiger partial charge in [-0.2, -0.15) is 0 Å². The van der Waals surface area contributed by atoms with Gasteiger partial charge in [-0.1, -0.05) is 18.2 Å². The van der Waals surface area contributed by atoms with E-state index in [4.69, 9.17) is 0 Å². The molecule has 0 saturated carbocycles. The summed E-state index contributed by atoms with van der Waals surface area (Å²) in [5.41, 5.74) is 1.66. The fraction of sp³-hybridized carbons (Fsp3) is 0.538. The van der Waals surface area contributed by atoms with Crippen molar-refractivity contribution in [1.82, 2.24) is 5.32 Å². The zero-order valence-corrected chi connectivity index (χ0v) is 11.0. The topological polar surface area (TPSA) is 32.3 Å². The van der Waals surface area contributed by atoms with E-state index in [1.165, 1.54) is 12.5 Å². The van der Waals surface area contributed by atoms with Crippen LogP contribution in [0.15, 0.2) is 18.2 Å². The highest BCUT2D eigenvalue weighted by atomic mass is 35.5. The Morgan fingerprint density at radius 1 is 1.53 bits per heavy atom. The lowest BCUT2D eigenvalue weighted by molar-refractivity contribution is 0.0289. The van der Waals surface area contributed by atoms with Gasteiger partial charge in [0.1, 0.15) is 12.3 Å². The summed E-state index contributed by atoms with van der Waals surface area (Å²) in [5.74, 6) is 0. The summed E-state index contributed by atoms with van der Waals surface area (Å²) in [7, 11) is 0. The molecule has 0 amide bonds. The van der Waals surface area contributed by atoms with E-state index in [0.29, 0.717) is 0 Å². The van der Waals surface area contributed by atoms with E-state index in [-0.39, 0.29) is 18.4 Å². The van der Waals surface area contributed by atoms with Crippen molar-refractivity contribution in [1.29, 1.82) is 0 Å². The average molecular weight is 260 g/mol. The van der Waals surface area contributed by atoms with Crippen molar-refractivity contribution in [3.8, 4) is 0 Å². The molecule has 1 aromatic rings. The molecule has 1 heterocycles. The Morgan fingerprint density at radius 2 is 2.24 bits per heavy atom. The van der Waals surface area contributed by atoms with Crippen molar-refractivity contribution in [3.63, 3.8) is 0 Å². The van der Waals surface area contributed by atoms with Crippen molar-refractivity contribution < 1.29 is 9.50 Å². The lowest BCUT2D eigenvalue weighted by atomic mass is 9.84. The molecule has 4 heteroatoms. The summed E-state index contributed by atoms with van der Waals surface area (Å²) < 4.78 is 12.9. The first-order valence-corrected chi connectivity index (χ1v) is 5.70. The van der Waals surface area contributed by atoms with E-state index >= 15 is 0 Å². The second kappa shape index (κ2) is 5.34. The quantitative estimate of drug-likeness (QED) is 0.855. The summed E-state index contributed by atoms with van der Waals surface area (Å²) in [5, 5.41) is 13.4. The molecule has 17 heavy (non-hydrogen) atoms. The maximum Gasteiger partial charge on any atom is 0.122 e. The second-order valence-electron chi connectivity index (χ2n) is 4.71. The van der Waals surface area contributed by atoms with E-state index in [0.717, 1.165) is 24.1 Å². The fourth-order valence-corrected chi connectivity index (χ4v) is 2.39. The predicted molar refractivity (Wildman–Crippen MR) is 69.4 cm³/mol. The molecule has 0 fully saturated rings. The largest absolute Gasteiger partial charge is 0.383 e. The van der Waals surface area contributed by atoms with Gasteiger partial charge in [-0.15, -0.1) is 12.4 Å². The summed E-state index contributed by atoms with van der Waals surface area (Å²) >= 11 is 0. The third-order valence-corrected chi connectivity index (χ3v) is 3.34. The summed E-state index contributed by atoms with van der Waals surface area (Å²) in [4.78, 5) is 0. The maximum absolute atomic E-state index is 12.9. The van der Waals surface area contributed by atoms with Crippen LogP contribution in [-0.4, -0.2) is 18.3 Å². The number of aliphatic hydroxyl groups is 1. The Labute approximate surface area is 108 Å². The van der Waals surface area contributed by atoms with Gasteiger partial charge in [0.2, 0.25) is 0 Å². The van der Waals surface area contributed by atoms with Crippen LogP contribution in [0.2, 0.25) is 0 Å². The number of halogens is 2. The fourth-order valence-electron chi connectivity index (χ4n) is 2.39. The van der Waals surface area contributed by atoms with Crippen molar-refractivity contribution in [3.05, 3.63) is 34.9 Å². The molecule has 0 aliphatic carbocycles. The number of rotatable bonds is 2. The van der Waals surface area contributed by atoms with Crippen molar-refractivity contribution in [2.24, 2.45) is 0 Å². The van der Waals surface area contributed by atoms with E-state index in [9.17, 15) is 9.50 Å². The van der Waals surface area contributed by atoms with Crippen LogP contribution in [-0.2, 0) is 12.0 Å².